The van der Waals surface area contributed by atoms with Crippen molar-refractivity contribution >= 4 is 40.3 Å². The Morgan fingerprint density at radius 1 is 1.09 bits per heavy atom. The molecule has 9 heteroatoms. The Labute approximate surface area is 207 Å². The lowest BCUT2D eigenvalue weighted by Gasteiger charge is -2.33. The van der Waals surface area contributed by atoms with Crippen molar-refractivity contribution in [1.82, 2.24) is 25.1 Å². The number of thiophene rings is 1. The fourth-order valence-electron chi connectivity index (χ4n) is 4.40. The standard InChI is InChI=1S/C25H27ClN6OS/c1-16(2)23(20-4-3-15-34-20)27-25(33)18-11-13-31(14-12-18)22-10-9-21-28-29-24(32(21)30-22)17-5-7-19(26)8-6-17/h3-10,15-16,18,23H,11-14H2,1-2H3,(H,27,33). The number of amides is 1. The van der Waals surface area contributed by atoms with Crippen LogP contribution >= 0.6 is 22.9 Å². The van der Waals surface area contributed by atoms with Crippen LogP contribution in [0, 0.1) is 11.8 Å². The maximum absolute atomic E-state index is 13.0. The van der Waals surface area contributed by atoms with Gasteiger partial charge in [-0.25, -0.2) is 0 Å². The minimum atomic E-state index is 0.0146. The zero-order valence-electron chi connectivity index (χ0n) is 19.2. The molecule has 1 amide bonds. The summed E-state index contributed by atoms with van der Waals surface area (Å²) in [4.78, 5) is 16.5. The maximum atomic E-state index is 13.0. The first-order valence-electron chi connectivity index (χ1n) is 11.6. The van der Waals surface area contributed by atoms with Gasteiger partial charge in [0.05, 0.1) is 6.04 Å². The number of nitrogens with one attached hydrogen (secondary N) is 1. The lowest BCUT2D eigenvalue weighted by Crippen LogP contribution is -2.42. The molecule has 1 N–H and O–H groups in total. The van der Waals surface area contributed by atoms with Gasteiger partial charge in [-0.3, -0.25) is 4.79 Å². The van der Waals surface area contributed by atoms with Crippen LogP contribution in [-0.4, -0.2) is 38.8 Å². The van der Waals surface area contributed by atoms with Crippen molar-refractivity contribution in [3.05, 3.63) is 63.8 Å². The molecule has 0 spiro atoms. The van der Waals surface area contributed by atoms with E-state index < -0.39 is 0 Å². The second kappa shape index (κ2) is 9.72. The predicted octanol–water partition coefficient (Wildman–Crippen LogP) is 5.24. The fourth-order valence-corrected chi connectivity index (χ4v) is 5.48. The third-order valence-corrected chi connectivity index (χ3v) is 7.56. The summed E-state index contributed by atoms with van der Waals surface area (Å²) < 4.78 is 1.77. The van der Waals surface area contributed by atoms with Gasteiger partial charge in [-0.1, -0.05) is 31.5 Å². The molecule has 176 valence electrons. The highest BCUT2D eigenvalue weighted by Gasteiger charge is 2.29. The van der Waals surface area contributed by atoms with E-state index in [-0.39, 0.29) is 17.9 Å². The Kier molecular flexibility index (Phi) is 6.52. The molecule has 0 bridgehead atoms. The average Bonchev–Trinajstić information content (AvgIpc) is 3.53. The third kappa shape index (κ3) is 4.65. The van der Waals surface area contributed by atoms with Crippen molar-refractivity contribution in [3.63, 3.8) is 0 Å². The molecule has 1 atom stereocenters. The summed E-state index contributed by atoms with van der Waals surface area (Å²) >= 11 is 7.73. The molecule has 4 heterocycles. The summed E-state index contributed by atoms with van der Waals surface area (Å²) in [5, 5.41) is 19.4. The second-order valence-electron chi connectivity index (χ2n) is 9.00. The molecule has 1 aliphatic heterocycles. The Hall–Kier alpha value is -2.97. The molecule has 1 unspecified atom stereocenters. The van der Waals surface area contributed by atoms with E-state index in [1.807, 2.05) is 42.5 Å². The van der Waals surface area contributed by atoms with Gasteiger partial charge in [0.1, 0.15) is 5.82 Å². The molecule has 0 saturated carbocycles. The number of carbonyl (C=O) groups is 1. The molecular formula is C25H27ClN6OS. The number of aromatic nitrogens is 4. The quantitative estimate of drug-likeness (QED) is 0.397. The van der Waals surface area contributed by atoms with Crippen molar-refractivity contribution in [2.75, 3.05) is 18.0 Å². The molecule has 34 heavy (non-hydrogen) atoms. The number of carbonyl (C=O) groups excluding carboxylic acids is 1. The summed E-state index contributed by atoms with van der Waals surface area (Å²) in [5.74, 6) is 2.05. The predicted molar refractivity (Wildman–Crippen MR) is 136 cm³/mol. The van der Waals surface area contributed by atoms with Crippen LogP contribution in [-0.2, 0) is 4.79 Å². The highest BCUT2D eigenvalue weighted by Crippen LogP contribution is 2.28. The SMILES string of the molecule is CC(C)C(NC(=O)C1CCN(c2ccc3nnc(-c4ccc(Cl)cc4)n3n2)CC1)c1cccs1. The third-order valence-electron chi connectivity index (χ3n) is 6.36. The van der Waals surface area contributed by atoms with Crippen LogP contribution in [0.1, 0.15) is 37.6 Å². The number of halogens is 1. The van der Waals surface area contributed by atoms with Crippen molar-refractivity contribution in [2.24, 2.45) is 11.8 Å². The van der Waals surface area contributed by atoms with Crippen LogP contribution in [0.2, 0.25) is 5.02 Å². The molecule has 7 nitrogen and oxygen atoms in total. The number of rotatable bonds is 6. The minimum Gasteiger partial charge on any atom is -0.355 e. The Morgan fingerprint density at radius 2 is 1.85 bits per heavy atom. The van der Waals surface area contributed by atoms with E-state index in [2.05, 4.69) is 45.7 Å². The van der Waals surface area contributed by atoms with Crippen LogP contribution in [0.3, 0.4) is 0 Å². The van der Waals surface area contributed by atoms with E-state index in [0.717, 1.165) is 37.3 Å². The Balaban J connectivity index is 1.27. The number of hydrogen-bond acceptors (Lipinski definition) is 6. The monoisotopic (exact) mass is 494 g/mol. The normalized spacial score (nSPS) is 15.7. The lowest BCUT2D eigenvalue weighted by molar-refractivity contribution is -0.126. The van der Waals surface area contributed by atoms with Gasteiger partial charge >= 0.3 is 0 Å². The van der Waals surface area contributed by atoms with Crippen LogP contribution in [0.5, 0.6) is 0 Å². The summed E-state index contributed by atoms with van der Waals surface area (Å²) in [6.07, 6.45) is 1.60. The van der Waals surface area contributed by atoms with E-state index >= 15 is 0 Å². The highest BCUT2D eigenvalue weighted by molar-refractivity contribution is 7.10. The Morgan fingerprint density at radius 3 is 2.53 bits per heavy atom. The second-order valence-corrected chi connectivity index (χ2v) is 10.4. The van der Waals surface area contributed by atoms with Gasteiger partial charge in [0.15, 0.2) is 11.5 Å². The van der Waals surface area contributed by atoms with Crippen molar-refractivity contribution in [3.8, 4) is 11.4 Å². The summed E-state index contributed by atoms with van der Waals surface area (Å²) in [5.41, 5.74) is 1.60. The van der Waals surface area contributed by atoms with E-state index in [9.17, 15) is 4.79 Å². The molecule has 5 rings (SSSR count). The van der Waals surface area contributed by atoms with Gasteiger partial charge in [0, 0.05) is 34.5 Å². The van der Waals surface area contributed by atoms with Crippen LogP contribution in [0.25, 0.3) is 17.0 Å². The van der Waals surface area contributed by atoms with Gasteiger partial charge < -0.3 is 10.2 Å². The fraction of sp³-hybridized carbons (Fsp3) is 0.360. The number of hydrogen-bond donors (Lipinski definition) is 1. The zero-order chi connectivity index (χ0) is 23.7. The molecule has 0 radical (unpaired) electrons. The number of anilines is 1. The number of nitrogens with zero attached hydrogens (tertiary/aromatic N) is 5. The van der Waals surface area contributed by atoms with Gasteiger partial charge in [-0.15, -0.1) is 26.6 Å². The van der Waals surface area contributed by atoms with Gasteiger partial charge in [0.2, 0.25) is 5.91 Å². The van der Waals surface area contributed by atoms with Gasteiger partial charge in [0.25, 0.3) is 0 Å². The highest BCUT2D eigenvalue weighted by atomic mass is 35.5. The summed E-state index contributed by atoms with van der Waals surface area (Å²) in [6.45, 7) is 5.86. The lowest BCUT2D eigenvalue weighted by atomic mass is 9.94. The van der Waals surface area contributed by atoms with Crippen molar-refractivity contribution in [1.29, 1.82) is 0 Å². The number of benzene rings is 1. The van der Waals surface area contributed by atoms with Crippen LogP contribution in [0.15, 0.2) is 53.9 Å². The van der Waals surface area contributed by atoms with Gasteiger partial charge in [-0.2, -0.15) is 4.52 Å². The molecule has 0 aliphatic carbocycles. The molecule has 1 saturated heterocycles. The van der Waals surface area contributed by atoms with E-state index in [1.54, 1.807) is 15.9 Å². The first-order valence-corrected chi connectivity index (χ1v) is 12.8. The minimum absolute atomic E-state index is 0.0146. The van der Waals surface area contributed by atoms with E-state index in [0.29, 0.717) is 22.4 Å². The largest absolute Gasteiger partial charge is 0.355 e. The van der Waals surface area contributed by atoms with Crippen LogP contribution in [0.4, 0.5) is 5.82 Å². The molecule has 1 aromatic carbocycles. The molecule has 3 aromatic heterocycles. The molecule has 4 aromatic rings. The molecular weight excluding hydrogens is 468 g/mol. The zero-order valence-corrected chi connectivity index (χ0v) is 20.8. The van der Waals surface area contributed by atoms with Crippen molar-refractivity contribution < 1.29 is 4.79 Å². The molecule has 1 aliphatic rings. The smallest absolute Gasteiger partial charge is 0.223 e. The van der Waals surface area contributed by atoms with E-state index in [4.69, 9.17) is 16.7 Å². The Bertz CT molecular complexity index is 1260. The van der Waals surface area contributed by atoms with Crippen LogP contribution < -0.4 is 10.2 Å². The summed E-state index contributed by atoms with van der Waals surface area (Å²) in [6, 6.07) is 15.6. The number of fused-ring (bicyclic) bond motifs is 1. The van der Waals surface area contributed by atoms with Crippen molar-refractivity contribution in [2.45, 2.75) is 32.7 Å². The first-order chi connectivity index (χ1) is 16.5. The average molecular weight is 495 g/mol. The molecule has 1 fully saturated rings. The maximum Gasteiger partial charge on any atom is 0.223 e. The first kappa shape index (κ1) is 22.8. The number of piperidine rings is 1. The topological polar surface area (TPSA) is 75.4 Å². The summed E-state index contributed by atoms with van der Waals surface area (Å²) in [7, 11) is 0. The van der Waals surface area contributed by atoms with E-state index in [1.165, 1.54) is 4.88 Å². The van der Waals surface area contributed by atoms with Gasteiger partial charge in [-0.05, 0) is 66.6 Å².